The number of hydrogen-bond donors (Lipinski definition) is 1. The summed E-state index contributed by atoms with van der Waals surface area (Å²) in [5.74, 6) is 0.935. The van der Waals surface area contributed by atoms with Crippen molar-refractivity contribution in [3.05, 3.63) is 22.8 Å². The van der Waals surface area contributed by atoms with Gasteiger partial charge in [-0.15, -0.1) is 0 Å². The van der Waals surface area contributed by atoms with E-state index in [0.29, 0.717) is 0 Å². The Morgan fingerprint density at radius 1 is 1.33 bits per heavy atom. The number of nitrogens with zero attached hydrogens (tertiary/aromatic N) is 4. The molecule has 0 aliphatic carbocycles. The lowest BCUT2D eigenvalue weighted by Crippen LogP contribution is -2.02. The van der Waals surface area contributed by atoms with Crippen LogP contribution in [0.15, 0.2) is 0 Å². The topological polar surface area (TPSA) is 55.6 Å². The van der Waals surface area contributed by atoms with Gasteiger partial charge in [-0.25, -0.2) is 4.98 Å². The minimum absolute atomic E-state index is 0.756. The van der Waals surface area contributed by atoms with E-state index in [2.05, 4.69) is 33.6 Å². The standard InChI is InChI=1S/C12H19N5S/c1-5-6-11-14-12(18-16-11)13-7-10-8(2)15-17(4)9(10)3/h5-7H2,1-4H3,(H,13,14,16). The molecular weight excluding hydrogens is 246 g/mol. The van der Waals surface area contributed by atoms with Crippen LogP contribution in [0.1, 0.15) is 36.1 Å². The smallest absolute Gasteiger partial charge is 0.202 e. The van der Waals surface area contributed by atoms with E-state index in [4.69, 9.17) is 0 Å². The van der Waals surface area contributed by atoms with Gasteiger partial charge < -0.3 is 5.32 Å². The molecule has 6 heteroatoms. The lowest BCUT2D eigenvalue weighted by molar-refractivity contribution is 0.730. The summed E-state index contributed by atoms with van der Waals surface area (Å²) in [7, 11) is 1.97. The summed E-state index contributed by atoms with van der Waals surface area (Å²) in [5.41, 5.74) is 3.50. The summed E-state index contributed by atoms with van der Waals surface area (Å²) in [6, 6.07) is 0. The predicted molar refractivity (Wildman–Crippen MR) is 73.9 cm³/mol. The first-order chi connectivity index (χ1) is 8.61. The van der Waals surface area contributed by atoms with E-state index in [1.54, 1.807) is 0 Å². The average molecular weight is 265 g/mol. The maximum atomic E-state index is 4.45. The number of hydrogen-bond acceptors (Lipinski definition) is 5. The van der Waals surface area contributed by atoms with E-state index < -0.39 is 0 Å². The minimum Gasteiger partial charge on any atom is -0.356 e. The van der Waals surface area contributed by atoms with Gasteiger partial charge in [0.15, 0.2) is 0 Å². The highest BCUT2D eigenvalue weighted by atomic mass is 32.1. The monoisotopic (exact) mass is 265 g/mol. The van der Waals surface area contributed by atoms with Crippen molar-refractivity contribution in [3.8, 4) is 0 Å². The molecule has 0 unspecified atom stereocenters. The fourth-order valence-corrected chi connectivity index (χ4v) is 2.50. The number of rotatable bonds is 5. The van der Waals surface area contributed by atoms with Crippen LogP contribution < -0.4 is 5.32 Å². The minimum atomic E-state index is 0.756. The summed E-state index contributed by atoms with van der Waals surface area (Å²) >= 11 is 1.43. The summed E-state index contributed by atoms with van der Waals surface area (Å²) in [5, 5.41) is 8.62. The molecule has 2 aromatic rings. The van der Waals surface area contributed by atoms with Crippen LogP contribution in [-0.4, -0.2) is 19.1 Å². The van der Waals surface area contributed by atoms with E-state index in [-0.39, 0.29) is 0 Å². The molecule has 0 aliphatic heterocycles. The van der Waals surface area contributed by atoms with Crippen molar-refractivity contribution in [2.45, 2.75) is 40.2 Å². The molecule has 0 fully saturated rings. The molecule has 0 aromatic carbocycles. The highest BCUT2D eigenvalue weighted by Gasteiger charge is 2.10. The maximum Gasteiger partial charge on any atom is 0.202 e. The molecule has 0 bridgehead atoms. The Labute approximate surface area is 111 Å². The zero-order chi connectivity index (χ0) is 13.1. The second-order valence-electron chi connectivity index (χ2n) is 4.39. The van der Waals surface area contributed by atoms with Crippen molar-refractivity contribution >= 4 is 16.7 Å². The molecule has 0 spiro atoms. The number of aromatic nitrogens is 4. The number of nitrogens with one attached hydrogen (secondary N) is 1. The summed E-state index contributed by atoms with van der Waals surface area (Å²) in [6.07, 6.45) is 2.03. The van der Waals surface area contributed by atoms with E-state index >= 15 is 0 Å². The van der Waals surface area contributed by atoms with Crippen molar-refractivity contribution in [1.29, 1.82) is 0 Å². The third-order valence-electron chi connectivity index (χ3n) is 3.02. The highest BCUT2D eigenvalue weighted by molar-refractivity contribution is 7.09. The van der Waals surface area contributed by atoms with Gasteiger partial charge in [-0.3, -0.25) is 4.68 Å². The lowest BCUT2D eigenvalue weighted by Gasteiger charge is -2.02. The number of aryl methyl sites for hydroxylation is 3. The van der Waals surface area contributed by atoms with Gasteiger partial charge in [-0.05, 0) is 20.3 Å². The van der Waals surface area contributed by atoms with E-state index in [9.17, 15) is 0 Å². The van der Waals surface area contributed by atoms with Crippen molar-refractivity contribution in [1.82, 2.24) is 19.1 Å². The highest BCUT2D eigenvalue weighted by Crippen LogP contribution is 2.17. The SMILES string of the molecule is CCCc1nsc(NCc2c(C)nn(C)c2C)n1. The Kier molecular flexibility index (Phi) is 3.96. The van der Waals surface area contributed by atoms with Gasteiger partial charge in [0.1, 0.15) is 5.82 Å². The normalized spacial score (nSPS) is 10.9. The van der Waals surface area contributed by atoms with Crippen molar-refractivity contribution in [2.24, 2.45) is 7.05 Å². The molecule has 0 radical (unpaired) electrons. The molecule has 2 aromatic heterocycles. The van der Waals surface area contributed by atoms with Gasteiger partial charge in [0.2, 0.25) is 5.13 Å². The molecule has 18 heavy (non-hydrogen) atoms. The largest absolute Gasteiger partial charge is 0.356 e. The van der Waals surface area contributed by atoms with Gasteiger partial charge in [-0.1, -0.05) is 6.92 Å². The van der Waals surface area contributed by atoms with E-state index in [1.807, 2.05) is 18.7 Å². The average Bonchev–Trinajstić information content (AvgIpc) is 2.85. The first-order valence-corrected chi connectivity index (χ1v) is 6.94. The zero-order valence-electron chi connectivity index (χ0n) is 11.3. The summed E-state index contributed by atoms with van der Waals surface area (Å²) in [4.78, 5) is 4.45. The quantitative estimate of drug-likeness (QED) is 0.902. The second-order valence-corrected chi connectivity index (χ2v) is 5.14. The fraction of sp³-hybridized carbons (Fsp3) is 0.583. The molecule has 0 amide bonds. The molecular formula is C12H19N5S. The van der Waals surface area contributed by atoms with Crippen LogP contribution in [0.4, 0.5) is 5.13 Å². The first kappa shape index (κ1) is 13.0. The van der Waals surface area contributed by atoms with Crippen molar-refractivity contribution < 1.29 is 0 Å². The molecule has 5 nitrogen and oxygen atoms in total. The van der Waals surface area contributed by atoms with Crippen LogP contribution in [0.3, 0.4) is 0 Å². The van der Waals surface area contributed by atoms with Crippen LogP contribution in [0.2, 0.25) is 0 Å². The third-order valence-corrected chi connectivity index (χ3v) is 3.73. The lowest BCUT2D eigenvalue weighted by atomic mass is 10.2. The predicted octanol–water partition coefficient (Wildman–Crippen LogP) is 2.45. The third kappa shape index (κ3) is 2.69. The summed E-state index contributed by atoms with van der Waals surface area (Å²) < 4.78 is 6.23. The van der Waals surface area contributed by atoms with Gasteiger partial charge in [0.25, 0.3) is 0 Å². The Balaban J connectivity index is 2.02. The van der Waals surface area contributed by atoms with Gasteiger partial charge in [0, 0.05) is 42.8 Å². The van der Waals surface area contributed by atoms with Gasteiger partial charge in [0.05, 0.1) is 5.69 Å². The van der Waals surface area contributed by atoms with Crippen molar-refractivity contribution in [3.63, 3.8) is 0 Å². The maximum absolute atomic E-state index is 4.45. The molecule has 98 valence electrons. The second kappa shape index (κ2) is 5.48. The molecule has 0 aliphatic rings. The molecule has 2 heterocycles. The molecule has 2 rings (SSSR count). The van der Waals surface area contributed by atoms with Crippen LogP contribution in [0, 0.1) is 13.8 Å². The van der Waals surface area contributed by atoms with E-state index in [1.165, 1.54) is 22.8 Å². The van der Waals surface area contributed by atoms with Gasteiger partial charge >= 0.3 is 0 Å². The van der Waals surface area contributed by atoms with Gasteiger partial charge in [-0.2, -0.15) is 9.47 Å². The Morgan fingerprint density at radius 2 is 2.11 bits per heavy atom. The van der Waals surface area contributed by atoms with Crippen LogP contribution in [-0.2, 0) is 20.0 Å². The first-order valence-electron chi connectivity index (χ1n) is 6.17. The van der Waals surface area contributed by atoms with Crippen LogP contribution >= 0.6 is 11.5 Å². The number of anilines is 1. The fourth-order valence-electron chi connectivity index (χ4n) is 1.89. The summed E-state index contributed by atoms with van der Waals surface area (Å²) in [6.45, 7) is 7.01. The molecule has 0 atom stereocenters. The Bertz CT molecular complexity index is 529. The zero-order valence-corrected chi connectivity index (χ0v) is 12.1. The molecule has 0 saturated carbocycles. The van der Waals surface area contributed by atoms with Crippen LogP contribution in [0.5, 0.6) is 0 Å². The van der Waals surface area contributed by atoms with E-state index in [0.717, 1.165) is 36.0 Å². The Morgan fingerprint density at radius 3 is 2.72 bits per heavy atom. The van der Waals surface area contributed by atoms with Crippen molar-refractivity contribution in [2.75, 3.05) is 5.32 Å². The Hall–Kier alpha value is -1.43. The molecule has 1 N–H and O–H groups in total. The molecule has 0 saturated heterocycles. The van der Waals surface area contributed by atoms with Crippen LogP contribution in [0.25, 0.3) is 0 Å².